The van der Waals surface area contributed by atoms with E-state index in [9.17, 15) is 0 Å². The summed E-state index contributed by atoms with van der Waals surface area (Å²) in [7, 11) is 1.36. The fraction of sp³-hybridized carbons (Fsp3) is 0.167. The molecule has 132 valence electrons. The van der Waals surface area contributed by atoms with Gasteiger partial charge in [0.15, 0.2) is 0 Å². The fourth-order valence-corrected chi connectivity index (χ4v) is 2.43. The Hall–Kier alpha value is -1.37. The second-order valence-electron chi connectivity index (χ2n) is 5.41. The molecule has 4 rings (SSSR count). The van der Waals surface area contributed by atoms with E-state index in [1.807, 2.05) is 0 Å². The average molecular weight is 436 g/mol. The third-order valence-corrected chi connectivity index (χ3v) is 3.67. The van der Waals surface area contributed by atoms with Gasteiger partial charge < -0.3 is 12.6 Å². The van der Waals surface area contributed by atoms with Crippen molar-refractivity contribution in [3.8, 4) is 0 Å². The molecule has 0 aliphatic heterocycles. The molecule has 0 spiro atoms. The smallest absolute Gasteiger partial charge is 0.533 e. The number of hydrogen-bond donors (Lipinski definition) is 0. The Balaban J connectivity index is 0.000000352. The first-order valence-electron chi connectivity index (χ1n) is 8.78. The van der Waals surface area contributed by atoms with Crippen molar-refractivity contribution < 1.29 is 26.2 Å². The number of unbranched alkanes of at least 4 members (excludes halogenated alkanes) is 2. The van der Waals surface area contributed by atoms with Gasteiger partial charge in [-0.15, -0.1) is 59.3 Å². The second-order valence-corrected chi connectivity index (χ2v) is 5.41. The van der Waals surface area contributed by atoms with E-state index < -0.39 is 0 Å². The van der Waals surface area contributed by atoms with E-state index in [4.69, 9.17) is 0 Å². The van der Waals surface area contributed by atoms with Gasteiger partial charge in [0.05, 0.1) is 0 Å². The molecule has 0 saturated carbocycles. The van der Waals surface area contributed by atoms with Crippen LogP contribution in [0.4, 0.5) is 0 Å². The summed E-state index contributed by atoms with van der Waals surface area (Å²) in [6.07, 6.45) is 9.22. The molecular formula is C24H28SiZr. The van der Waals surface area contributed by atoms with E-state index >= 15 is 0 Å². The van der Waals surface area contributed by atoms with Gasteiger partial charge in [0.1, 0.15) is 0 Å². The molecule has 0 aromatic heterocycles. The first-order chi connectivity index (χ1) is 12.3. The summed E-state index contributed by atoms with van der Waals surface area (Å²) in [5.41, 5.74) is 0. The number of fused-ring (bicyclic) bond motifs is 2. The van der Waals surface area contributed by atoms with Crippen LogP contribution in [-0.4, -0.2) is 16.0 Å². The van der Waals surface area contributed by atoms with Crippen molar-refractivity contribution in [2.75, 3.05) is 0 Å². The van der Waals surface area contributed by atoms with Crippen molar-refractivity contribution in [1.29, 1.82) is 0 Å². The minimum Gasteiger partial charge on any atom is -0.533 e. The number of rotatable bonds is 2. The van der Waals surface area contributed by atoms with Crippen LogP contribution in [0.15, 0.2) is 84.9 Å². The Morgan fingerprint density at radius 3 is 1.42 bits per heavy atom. The molecule has 0 nitrogen and oxygen atoms in total. The van der Waals surface area contributed by atoms with E-state index in [1.54, 1.807) is 0 Å². The van der Waals surface area contributed by atoms with Crippen LogP contribution in [0.1, 0.15) is 26.7 Å². The summed E-state index contributed by atoms with van der Waals surface area (Å²) < 4.78 is 0. The van der Waals surface area contributed by atoms with Gasteiger partial charge in [-0.05, 0) is 0 Å². The maximum atomic E-state index is 4.53. The van der Waals surface area contributed by atoms with E-state index in [-0.39, 0.29) is 26.2 Å². The molecule has 0 saturated heterocycles. The third kappa shape index (κ3) is 8.83. The molecule has 4 aromatic rings. The first-order valence-corrected chi connectivity index (χ1v) is 9.60. The summed E-state index contributed by atoms with van der Waals surface area (Å²) in [6, 6.07) is 29.3. The third-order valence-electron chi connectivity index (χ3n) is 3.67. The predicted octanol–water partition coefficient (Wildman–Crippen LogP) is 6.05. The van der Waals surface area contributed by atoms with E-state index in [0.717, 1.165) is 0 Å². The summed E-state index contributed by atoms with van der Waals surface area (Å²) >= 11 is 0. The minimum atomic E-state index is 0. The van der Waals surface area contributed by atoms with Crippen LogP contribution in [0, 0.1) is 6.42 Å². The maximum Gasteiger partial charge on any atom is 4.00 e. The average Bonchev–Trinajstić information content (AvgIpc) is 3.34. The van der Waals surface area contributed by atoms with Crippen LogP contribution in [0.25, 0.3) is 21.5 Å². The van der Waals surface area contributed by atoms with E-state index in [1.165, 1.54) is 44.2 Å². The molecule has 0 amide bonds. The zero-order chi connectivity index (χ0) is 18.3. The molecule has 0 bridgehead atoms. The normalized spacial score (nSPS) is 8.85. The summed E-state index contributed by atoms with van der Waals surface area (Å²) in [5.74, 6) is 0. The monoisotopic (exact) mass is 434 g/mol. The molecule has 0 aliphatic carbocycles. The fourth-order valence-electron chi connectivity index (χ4n) is 2.43. The molecule has 4 aromatic carbocycles. The molecule has 0 N–H and O–H groups in total. The van der Waals surface area contributed by atoms with Gasteiger partial charge in [0, 0.05) is 0 Å². The van der Waals surface area contributed by atoms with Crippen molar-refractivity contribution in [2.45, 2.75) is 26.7 Å². The Morgan fingerprint density at radius 1 is 0.731 bits per heavy atom. The Morgan fingerprint density at radius 2 is 1.12 bits per heavy atom. The molecule has 0 unspecified atom stereocenters. The molecule has 0 aliphatic rings. The van der Waals surface area contributed by atoms with Crippen LogP contribution < -0.4 is 0 Å². The van der Waals surface area contributed by atoms with Crippen molar-refractivity contribution in [2.24, 2.45) is 0 Å². The molecule has 2 heteroatoms. The predicted molar refractivity (Wildman–Crippen MR) is 119 cm³/mol. The molecule has 0 atom stereocenters. The molecular weight excluding hydrogens is 408 g/mol. The van der Waals surface area contributed by atoms with Crippen molar-refractivity contribution in [3.05, 3.63) is 91.3 Å². The number of benzene rings is 2. The van der Waals surface area contributed by atoms with E-state index in [0.29, 0.717) is 0 Å². The zero-order valence-electron chi connectivity index (χ0n) is 15.9. The second kappa shape index (κ2) is 15.9. The van der Waals surface area contributed by atoms with Crippen LogP contribution in [0.5, 0.6) is 0 Å². The van der Waals surface area contributed by atoms with E-state index in [2.05, 4.69) is 111 Å². The minimum absolute atomic E-state index is 0. The van der Waals surface area contributed by atoms with Crippen molar-refractivity contribution >= 4 is 37.6 Å². The van der Waals surface area contributed by atoms with Gasteiger partial charge in [-0.1, -0.05) is 26.0 Å². The summed E-state index contributed by atoms with van der Waals surface area (Å²) in [4.78, 5) is 0. The van der Waals surface area contributed by atoms with Crippen LogP contribution in [-0.2, 0) is 26.2 Å². The quantitative estimate of drug-likeness (QED) is 0.265. The standard InChI is InChI=1S/2C9H7.C5H11.CH3Si.Zr/c2*1-2-5-9-7-3-6-8(9)4-1;1-3-5-4-2;1-2;/h2*1-7H;5H,3-4H2,1-2H3;1H,2H2;/q4*-1;+4. The van der Waals surface area contributed by atoms with Crippen molar-refractivity contribution in [1.82, 2.24) is 0 Å². The first kappa shape index (κ1) is 24.6. The molecule has 0 heterocycles. The topological polar surface area (TPSA) is 0 Å². The Kier molecular flexibility index (Phi) is 15.0. The van der Waals surface area contributed by atoms with Gasteiger partial charge in [-0.3, -0.25) is 0 Å². The van der Waals surface area contributed by atoms with Gasteiger partial charge in [0.25, 0.3) is 0 Å². The Bertz CT molecular complexity index is 684. The zero-order valence-corrected chi connectivity index (χ0v) is 19.7. The largest absolute Gasteiger partial charge is 4.00 e. The Labute approximate surface area is 181 Å². The summed E-state index contributed by atoms with van der Waals surface area (Å²) in [6.45, 7) is 4.31. The van der Waals surface area contributed by atoms with Gasteiger partial charge in [0.2, 0.25) is 0 Å². The molecule has 0 fully saturated rings. The maximum absolute atomic E-state index is 4.53. The number of hydrogen-bond acceptors (Lipinski definition) is 0. The van der Waals surface area contributed by atoms with Crippen molar-refractivity contribution in [3.63, 3.8) is 0 Å². The van der Waals surface area contributed by atoms with Crippen LogP contribution in [0.2, 0.25) is 0 Å². The molecule has 0 radical (unpaired) electrons. The van der Waals surface area contributed by atoms with Gasteiger partial charge in [-0.25, -0.2) is 9.85 Å². The summed E-state index contributed by atoms with van der Waals surface area (Å²) in [5, 5.41) is 5.32. The van der Waals surface area contributed by atoms with Gasteiger partial charge >= 0.3 is 26.2 Å². The molecule has 26 heavy (non-hydrogen) atoms. The van der Waals surface area contributed by atoms with Crippen LogP contribution >= 0.6 is 0 Å². The van der Waals surface area contributed by atoms with Crippen LogP contribution in [0.3, 0.4) is 0 Å². The van der Waals surface area contributed by atoms with Gasteiger partial charge in [-0.2, -0.15) is 47.9 Å². The SMILES string of the molecule is CC[CH-]CC.[CH-]=[SiH2].[Zr+4].c1ccc2[cH-]ccc2c1.c1ccc2[cH-]ccc2c1.